The van der Waals surface area contributed by atoms with Gasteiger partial charge < -0.3 is 9.88 Å². The molecule has 0 radical (unpaired) electrons. The SMILES string of the molecule is Cc1nc(C)c(Nc2nc(C)c3c(nc(C)n3C)c2C)nc1C. The Bertz CT molecular complexity index is 923. The molecule has 3 heterocycles. The lowest BCUT2D eigenvalue weighted by Crippen LogP contribution is -2.06. The number of hydrogen-bond donors (Lipinski definition) is 1. The molecule has 3 aromatic rings. The van der Waals surface area contributed by atoms with Crippen molar-refractivity contribution in [3.63, 3.8) is 0 Å². The molecule has 0 aromatic carbocycles. The van der Waals surface area contributed by atoms with E-state index in [1.807, 2.05) is 48.6 Å². The normalized spacial score (nSPS) is 11.3. The van der Waals surface area contributed by atoms with E-state index in [0.29, 0.717) is 0 Å². The van der Waals surface area contributed by atoms with Gasteiger partial charge >= 0.3 is 0 Å². The van der Waals surface area contributed by atoms with E-state index < -0.39 is 0 Å². The second kappa shape index (κ2) is 5.30. The zero-order valence-corrected chi connectivity index (χ0v) is 14.7. The second-order valence-corrected chi connectivity index (χ2v) is 6.04. The summed E-state index contributed by atoms with van der Waals surface area (Å²) in [6.45, 7) is 11.9. The Hall–Kier alpha value is -2.50. The summed E-state index contributed by atoms with van der Waals surface area (Å²) in [4.78, 5) is 18.5. The monoisotopic (exact) mass is 310 g/mol. The summed E-state index contributed by atoms with van der Waals surface area (Å²) in [5.41, 5.74) is 6.76. The van der Waals surface area contributed by atoms with Crippen LogP contribution in [0.25, 0.3) is 11.0 Å². The fraction of sp³-hybridized carbons (Fsp3) is 0.412. The largest absolute Gasteiger partial charge is 0.330 e. The first-order chi connectivity index (χ1) is 10.8. The summed E-state index contributed by atoms with van der Waals surface area (Å²) in [5.74, 6) is 2.51. The van der Waals surface area contributed by atoms with Crippen molar-refractivity contribution in [3.8, 4) is 0 Å². The summed E-state index contributed by atoms with van der Waals surface area (Å²) in [5, 5.41) is 3.34. The number of fused-ring (bicyclic) bond motifs is 1. The molecule has 6 nitrogen and oxygen atoms in total. The third kappa shape index (κ3) is 2.44. The second-order valence-electron chi connectivity index (χ2n) is 6.04. The van der Waals surface area contributed by atoms with Crippen LogP contribution in [0.15, 0.2) is 0 Å². The summed E-state index contributed by atoms with van der Waals surface area (Å²) < 4.78 is 2.08. The molecule has 0 spiro atoms. The summed E-state index contributed by atoms with van der Waals surface area (Å²) >= 11 is 0. The first-order valence-corrected chi connectivity index (χ1v) is 7.68. The third-order valence-corrected chi connectivity index (χ3v) is 4.37. The highest BCUT2D eigenvalue weighted by Crippen LogP contribution is 2.28. The Morgan fingerprint density at radius 3 is 2.00 bits per heavy atom. The minimum Gasteiger partial charge on any atom is -0.330 e. The van der Waals surface area contributed by atoms with Gasteiger partial charge in [0.1, 0.15) is 11.6 Å². The van der Waals surface area contributed by atoms with Crippen LogP contribution in [0.4, 0.5) is 11.6 Å². The number of aryl methyl sites for hydroxylation is 7. The Morgan fingerprint density at radius 2 is 1.30 bits per heavy atom. The van der Waals surface area contributed by atoms with Gasteiger partial charge in [-0.1, -0.05) is 0 Å². The molecule has 0 bridgehead atoms. The van der Waals surface area contributed by atoms with Crippen molar-refractivity contribution in [1.29, 1.82) is 0 Å². The molecule has 0 aliphatic heterocycles. The minimum absolute atomic E-state index is 0.745. The van der Waals surface area contributed by atoms with Crippen LogP contribution in [0.3, 0.4) is 0 Å². The molecule has 3 aromatic heterocycles. The molecule has 6 heteroatoms. The molecule has 1 N–H and O–H groups in total. The van der Waals surface area contributed by atoms with Crippen LogP contribution in [0, 0.1) is 41.5 Å². The molecular weight excluding hydrogens is 288 g/mol. The molecule has 120 valence electrons. The van der Waals surface area contributed by atoms with Crippen molar-refractivity contribution in [2.75, 3.05) is 5.32 Å². The number of hydrogen-bond acceptors (Lipinski definition) is 5. The zero-order chi connectivity index (χ0) is 16.9. The number of imidazole rings is 1. The van der Waals surface area contributed by atoms with Gasteiger partial charge in [-0.3, -0.25) is 4.98 Å². The predicted octanol–water partition coefficient (Wildman–Crippen LogP) is 3.35. The van der Waals surface area contributed by atoms with Gasteiger partial charge in [0.05, 0.1) is 33.8 Å². The van der Waals surface area contributed by atoms with Crippen molar-refractivity contribution in [3.05, 3.63) is 34.2 Å². The van der Waals surface area contributed by atoms with Crippen molar-refractivity contribution in [2.24, 2.45) is 7.05 Å². The summed E-state index contributed by atoms with van der Waals surface area (Å²) in [6.07, 6.45) is 0. The van der Waals surface area contributed by atoms with E-state index in [1.165, 1.54) is 0 Å². The highest BCUT2D eigenvalue weighted by atomic mass is 15.1. The average Bonchev–Trinajstić information content (AvgIpc) is 2.78. The fourth-order valence-electron chi connectivity index (χ4n) is 2.77. The number of pyridine rings is 1. The standard InChI is InChI=1S/C17H22N6/c1-8-14-15(23(7)13(6)21-14)11(4)20-16(8)22-17-12(5)18-9(2)10(3)19-17/h1-7H3,(H,19,20,22). The molecule has 0 amide bonds. The molecule has 23 heavy (non-hydrogen) atoms. The van der Waals surface area contributed by atoms with Crippen LogP contribution in [-0.4, -0.2) is 24.5 Å². The van der Waals surface area contributed by atoms with Crippen LogP contribution in [0.1, 0.15) is 34.2 Å². The maximum atomic E-state index is 4.72. The van der Waals surface area contributed by atoms with E-state index in [9.17, 15) is 0 Å². The minimum atomic E-state index is 0.745. The molecule has 0 saturated carbocycles. The first-order valence-electron chi connectivity index (χ1n) is 7.68. The summed E-state index contributed by atoms with van der Waals surface area (Å²) in [7, 11) is 2.02. The van der Waals surface area contributed by atoms with Crippen LogP contribution in [-0.2, 0) is 7.05 Å². The highest BCUT2D eigenvalue weighted by Gasteiger charge is 2.16. The van der Waals surface area contributed by atoms with Gasteiger partial charge in [0, 0.05) is 12.6 Å². The predicted molar refractivity (Wildman–Crippen MR) is 92.2 cm³/mol. The first kappa shape index (κ1) is 15.4. The number of nitrogens with one attached hydrogen (secondary N) is 1. The van der Waals surface area contributed by atoms with Crippen LogP contribution >= 0.6 is 0 Å². The topological polar surface area (TPSA) is 68.5 Å². The average molecular weight is 310 g/mol. The molecule has 0 fully saturated rings. The maximum Gasteiger partial charge on any atom is 0.153 e. The lowest BCUT2D eigenvalue weighted by atomic mass is 10.2. The molecule has 0 unspecified atom stereocenters. The quantitative estimate of drug-likeness (QED) is 0.786. The smallest absolute Gasteiger partial charge is 0.153 e. The van der Waals surface area contributed by atoms with E-state index >= 15 is 0 Å². The lowest BCUT2D eigenvalue weighted by molar-refractivity contribution is 0.880. The number of rotatable bonds is 2. The molecule has 0 atom stereocenters. The molecule has 0 aliphatic rings. The Balaban J connectivity index is 2.15. The van der Waals surface area contributed by atoms with Gasteiger partial charge in [-0.25, -0.2) is 15.0 Å². The zero-order valence-electron chi connectivity index (χ0n) is 14.7. The third-order valence-electron chi connectivity index (χ3n) is 4.37. The lowest BCUT2D eigenvalue weighted by Gasteiger charge is -2.13. The molecule has 0 saturated heterocycles. The molecule has 0 aliphatic carbocycles. The van der Waals surface area contributed by atoms with Crippen LogP contribution < -0.4 is 5.32 Å². The van der Waals surface area contributed by atoms with Crippen molar-refractivity contribution < 1.29 is 0 Å². The van der Waals surface area contributed by atoms with Crippen molar-refractivity contribution in [2.45, 2.75) is 41.5 Å². The van der Waals surface area contributed by atoms with Crippen molar-refractivity contribution >= 4 is 22.7 Å². The molecule has 3 rings (SSSR count). The van der Waals surface area contributed by atoms with E-state index in [0.717, 1.165) is 56.8 Å². The highest BCUT2D eigenvalue weighted by molar-refractivity contribution is 5.86. The number of anilines is 2. The van der Waals surface area contributed by atoms with Crippen LogP contribution in [0.2, 0.25) is 0 Å². The Labute approximate surface area is 136 Å². The van der Waals surface area contributed by atoms with Gasteiger partial charge in [0.25, 0.3) is 0 Å². The summed E-state index contributed by atoms with van der Waals surface area (Å²) in [6, 6.07) is 0. The van der Waals surface area contributed by atoms with Crippen LogP contribution in [0.5, 0.6) is 0 Å². The number of nitrogens with zero attached hydrogens (tertiary/aromatic N) is 5. The van der Waals surface area contributed by atoms with Crippen molar-refractivity contribution in [1.82, 2.24) is 24.5 Å². The van der Waals surface area contributed by atoms with Gasteiger partial charge in [-0.2, -0.15) is 0 Å². The van der Waals surface area contributed by atoms with Gasteiger partial charge in [0.2, 0.25) is 0 Å². The molecular formula is C17H22N6. The van der Waals surface area contributed by atoms with Gasteiger partial charge in [0.15, 0.2) is 5.82 Å². The Kier molecular flexibility index (Phi) is 3.55. The van der Waals surface area contributed by atoms with E-state index in [-0.39, 0.29) is 0 Å². The van der Waals surface area contributed by atoms with Gasteiger partial charge in [-0.15, -0.1) is 0 Å². The fourth-order valence-corrected chi connectivity index (χ4v) is 2.77. The van der Waals surface area contributed by atoms with E-state index in [2.05, 4.69) is 24.8 Å². The Morgan fingerprint density at radius 1 is 0.696 bits per heavy atom. The van der Waals surface area contributed by atoms with Gasteiger partial charge in [-0.05, 0) is 41.5 Å². The van der Waals surface area contributed by atoms with E-state index in [4.69, 9.17) is 4.98 Å². The van der Waals surface area contributed by atoms with E-state index in [1.54, 1.807) is 0 Å². The maximum absolute atomic E-state index is 4.72. The number of aromatic nitrogens is 5.